The van der Waals surface area contributed by atoms with Gasteiger partial charge >= 0.3 is 0 Å². The molecule has 0 aromatic carbocycles. The number of aromatic nitrogens is 4. The zero-order valence-electron chi connectivity index (χ0n) is 13.5. The summed E-state index contributed by atoms with van der Waals surface area (Å²) in [7, 11) is 0. The number of hydrogen-bond acceptors (Lipinski definition) is 8. The van der Waals surface area contributed by atoms with Crippen LogP contribution in [0.5, 0.6) is 0 Å². The Labute approximate surface area is 152 Å². The van der Waals surface area contributed by atoms with E-state index in [1.807, 2.05) is 36.1 Å². The van der Waals surface area contributed by atoms with Crippen LogP contribution in [0.4, 0.5) is 0 Å². The van der Waals surface area contributed by atoms with Crippen molar-refractivity contribution in [1.29, 1.82) is 0 Å². The lowest BCUT2D eigenvalue weighted by Gasteiger charge is -2.05. The monoisotopic (exact) mass is 380 g/mol. The molecule has 24 heavy (non-hydrogen) atoms. The van der Waals surface area contributed by atoms with Crippen LogP contribution in [0.3, 0.4) is 0 Å². The summed E-state index contributed by atoms with van der Waals surface area (Å²) in [6, 6.07) is 1.91. The van der Waals surface area contributed by atoms with Gasteiger partial charge in [-0.3, -0.25) is 9.36 Å². The molecule has 0 spiro atoms. The average molecular weight is 381 g/mol. The summed E-state index contributed by atoms with van der Waals surface area (Å²) < 4.78 is 7.49. The van der Waals surface area contributed by atoms with Crippen molar-refractivity contribution in [2.24, 2.45) is 0 Å². The van der Waals surface area contributed by atoms with Gasteiger partial charge in [-0.05, 0) is 26.2 Å². The number of rotatable bonds is 7. The zero-order valence-corrected chi connectivity index (χ0v) is 15.9. The first-order valence-electron chi connectivity index (χ1n) is 7.16. The van der Waals surface area contributed by atoms with Gasteiger partial charge in [-0.25, -0.2) is 4.98 Å². The van der Waals surface area contributed by atoms with E-state index >= 15 is 0 Å². The molecular formula is C15H16N4O2S3. The van der Waals surface area contributed by atoms with Crippen molar-refractivity contribution < 1.29 is 9.21 Å². The highest BCUT2D eigenvalue weighted by molar-refractivity contribution is 7.99. The molecule has 3 aromatic heterocycles. The summed E-state index contributed by atoms with van der Waals surface area (Å²) in [6.07, 6.45) is 3.73. The molecule has 3 heterocycles. The molecule has 0 amide bonds. The molecule has 0 bridgehead atoms. The maximum absolute atomic E-state index is 12.6. The predicted molar refractivity (Wildman–Crippen MR) is 97.5 cm³/mol. The summed E-state index contributed by atoms with van der Waals surface area (Å²) in [6.45, 7) is 3.92. The maximum atomic E-state index is 12.6. The van der Waals surface area contributed by atoms with Crippen LogP contribution in [0.15, 0.2) is 27.3 Å². The average Bonchev–Trinajstić information content (AvgIpc) is 3.27. The van der Waals surface area contributed by atoms with Gasteiger partial charge in [0, 0.05) is 28.5 Å². The maximum Gasteiger partial charge on any atom is 0.277 e. The van der Waals surface area contributed by atoms with Crippen molar-refractivity contribution in [3.05, 3.63) is 40.5 Å². The van der Waals surface area contributed by atoms with Crippen LogP contribution in [-0.4, -0.2) is 37.5 Å². The predicted octanol–water partition coefficient (Wildman–Crippen LogP) is 3.77. The molecule has 0 saturated heterocycles. The number of nitrogens with zero attached hydrogens (tertiary/aromatic N) is 4. The Morgan fingerprint density at radius 1 is 1.38 bits per heavy atom. The molecule has 126 valence electrons. The van der Waals surface area contributed by atoms with Crippen LogP contribution < -0.4 is 0 Å². The number of ketones is 1. The molecule has 9 heteroatoms. The third-order valence-corrected chi connectivity index (χ3v) is 5.50. The second kappa shape index (κ2) is 7.54. The van der Waals surface area contributed by atoms with Crippen molar-refractivity contribution in [1.82, 2.24) is 19.7 Å². The first-order valence-corrected chi connectivity index (χ1v) is 10.4. The number of hydrogen-bond donors (Lipinski definition) is 0. The fraction of sp³-hybridized carbons (Fsp3) is 0.333. The van der Waals surface area contributed by atoms with Gasteiger partial charge in [0.1, 0.15) is 0 Å². The van der Waals surface area contributed by atoms with E-state index in [4.69, 9.17) is 4.42 Å². The van der Waals surface area contributed by atoms with Crippen LogP contribution in [-0.2, 0) is 5.75 Å². The quantitative estimate of drug-likeness (QED) is 0.456. The second-order valence-electron chi connectivity index (χ2n) is 5.04. The molecule has 0 atom stereocenters. The topological polar surface area (TPSA) is 73.8 Å². The lowest BCUT2D eigenvalue weighted by atomic mass is 10.2. The summed E-state index contributed by atoms with van der Waals surface area (Å²) in [5.41, 5.74) is 2.61. The number of carbonyl (C=O) groups excluding carboxylic acids is 1. The lowest BCUT2D eigenvalue weighted by Crippen LogP contribution is -2.05. The largest absolute Gasteiger partial charge is 0.415 e. The van der Waals surface area contributed by atoms with Gasteiger partial charge < -0.3 is 4.42 Å². The highest BCUT2D eigenvalue weighted by atomic mass is 32.2. The fourth-order valence-electron chi connectivity index (χ4n) is 2.35. The van der Waals surface area contributed by atoms with Gasteiger partial charge in [0.25, 0.3) is 5.22 Å². The Morgan fingerprint density at radius 2 is 2.21 bits per heavy atom. The summed E-state index contributed by atoms with van der Waals surface area (Å²) in [5, 5.41) is 11.1. The van der Waals surface area contributed by atoms with E-state index in [-0.39, 0.29) is 11.5 Å². The van der Waals surface area contributed by atoms with E-state index < -0.39 is 0 Å². The molecule has 0 unspecified atom stereocenters. The van der Waals surface area contributed by atoms with Crippen molar-refractivity contribution in [2.45, 2.75) is 24.8 Å². The van der Waals surface area contributed by atoms with Gasteiger partial charge in [-0.1, -0.05) is 11.8 Å². The molecule has 0 saturated carbocycles. The van der Waals surface area contributed by atoms with Gasteiger partial charge in [0.15, 0.2) is 10.9 Å². The van der Waals surface area contributed by atoms with Crippen LogP contribution in [0.2, 0.25) is 0 Å². The minimum atomic E-state index is 0.0422. The number of thiazole rings is 1. The Hall–Kier alpha value is -1.58. The number of carbonyl (C=O) groups is 1. The standard InChI is InChI=1S/C15H16N4O2S3/c1-9-6-11(10(2)19(9)14-16-4-5-23-14)12(20)7-24-15-18-17-13(21-15)8-22-3/h4-6H,7-8H2,1-3H3. The SMILES string of the molecule is CSCc1nnc(SCC(=O)c2cc(C)n(-c3nccs3)c2C)o1. The number of aryl methyl sites for hydroxylation is 1. The molecule has 3 aromatic rings. The van der Waals surface area contributed by atoms with Crippen LogP contribution >= 0.6 is 34.9 Å². The number of Topliss-reactive ketones (excluding diaryl/α,β-unsaturated/α-hetero) is 1. The molecular weight excluding hydrogens is 364 g/mol. The highest BCUT2D eigenvalue weighted by Crippen LogP contribution is 2.25. The van der Waals surface area contributed by atoms with Crippen LogP contribution in [0, 0.1) is 13.8 Å². The van der Waals surface area contributed by atoms with E-state index in [2.05, 4.69) is 15.2 Å². The van der Waals surface area contributed by atoms with Gasteiger partial charge in [0.2, 0.25) is 5.89 Å². The van der Waals surface area contributed by atoms with Crippen LogP contribution in [0.25, 0.3) is 5.13 Å². The highest BCUT2D eigenvalue weighted by Gasteiger charge is 2.19. The number of thioether (sulfide) groups is 2. The Bertz CT molecular complexity index is 839. The third kappa shape index (κ3) is 3.57. The first kappa shape index (κ1) is 17.2. The normalized spacial score (nSPS) is 11.1. The van der Waals surface area contributed by atoms with Crippen molar-refractivity contribution in [3.8, 4) is 5.13 Å². The molecule has 6 nitrogen and oxygen atoms in total. The molecule has 0 aliphatic rings. The van der Waals surface area contributed by atoms with Crippen LogP contribution in [0.1, 0.15) is 27.6 Å². The molecule has 0 N–H and O–H groups in total. The lowest BCUT2D eigenvalue weighted by molar-refractivity contribution is 0.102. The van der Waals surface area contributed by atoms with E-state index in [0.717, 1.165) is 16.5 Å². The van der Waals surface area contributed by atoms with Crippen molar-refractivity contribution in [2.75, 3.05) is 12.0 Å². The zero-order chi connectivity index (χ0) is 17.1. The van der Waals surface area contributed by atoms with Crippen molar-refractivity contribution >= 4 is 40.6 Å². The molecule has 0 fully saturated rings. The third-order valence-electron chi connectivity index (χ3n) is 3.38. The molecule has 0 radical (unpaired) electrons. The molecule has 0 aliphatic heterocycles. The van der Waals surface area contributed by atoms with E-state index in [9.17, 15) is 4.79 Å². The Kier molecular flexibility index (Phi) is 5.42. The minimum absolute atomic E-state index is 0.0422. The van der Waals surface area contributed by atoms with E-state index in [1.54, 1.807) is 29.3 Å². The second-order valence-corrected chi connectivity index (χ2v) is 7.71. The van der Waals surface area contributed by atoms with E-state index in [0.29, 0.717) is 22.4 Å². The summed E-state index contributed by atoms with van der Waals surface area (Å²) in [5.74, 6) is 1.57. The molecule has 3 rings (SSSR count). The summed E-state index contributed by atoms with van der Waals surface area (Å²) in [4.78, 5) is 16.9. The van der Waals surface area contributed by atoms with Gasteiger partial charge in [-0.2, -0.15) is 11.8 Å². The Balaban J connectivity index is 1.72. The smallest absolute Gasteiger partial charge is 0.277 e. The minimum Gasteiger partial charge on any atom is -0.415 e. The van der Waals surface area contributed by atoms with Gasteiger partial charge in [-0.15, -0.1) is 21.5 Å². The van der Waals surface area contributed by atoms with Gasteiger partial charge in [0.05, 0.1) is 11.5 Å². The first-order chi connectivity index (χ1) is 11.6. The Morgan fingerprint density at radius 3 is 2.92 bits per heavy atom. The molecule has 0 aliphatic carbocycles. The van der Waals surface area contributed by atoms with E-state index in [1.165, 1.54) is 11.8 Å². The van der Waals surface area contributed by atoms with Crippen molar-refractivity contribution in [3.63, 3.8) is 0 Å². The summed E-state index contributed by atoms with van der Waals surface area (Å²) >= 11 is 4.43. The fourth-order valence-corrected chi connectivity index (χ4v) is 4.13.